The van der Waals surface area contributed by atoms with E-state index in [2.05, 4.69) is 9.97 Å². The summed E-state index contributed by atoms with van der Waals surface area (Å²) >= 11 is 0. The molecule has 1 aliphatic heterocycles. The quantitative estimate of drug-likeness (QED) is 0.873. The van der Waals surface area contributed by atoms with E-state index in [9.17, 15) is 14.7 Å². The zero-order chi connectivity index (χ0) is 14.9. The van der Waals surface area contributed by atoms with Crippen molar-refractivity contribution in [2.75, 3.05) is 11.4 Å². The van der Waals surface area contributed by atoms with Gasteiger partial charge in [-0.05, 0) is 18.3 Å². The molecule has 0 bridgehead atoms. The lowest BCUT2D eigenvalue weighted by Gasteiger charge is -2.44. The van der Waals surface area contributed by atoms with Gasteiger partial charge in [0.2, 0.25) is 0 Å². The highest BCUT2D eigenvalue weighted by atomic mass is 16.4. The first kappa shape index (κ1) is 14.6. The molecular formula is C14H21N3O3. The van der Waals surface area contributed by atoms with Crippen LogP contribution in [0.15, 0.2) is 10.9 Å². The van der Waals surface area contributed by atoms with E-state index < -0.39 is 12.0 Å². The van der Waals surface area contributed by atoms with Crippen molar-refractivity contribution in [2.24, 2.45) is 5.41 Å². The summed E-state index contributed by atoms with van der Waals surface area (Å²) < 4.78 is 0. The lowest BCUT2D eigenvalue weighted by Crippen LogP contribution is -2.55. The van der Waals surface area contributed by atoms with E-state index >= 15 is 0 Å². The fourth-order valence-corrected chi connectivity index (χ4v) is 2.92. The number of aromatic amines is 1. The minimum atomic E-state index is -0.866. The average molecular weight is 279 g/mol. The number of aryl methyl sites for hydroxylation is 1. The number of nitrogens with zero attached hydrogens (tertiary/aromatic N) is 2. The third-order valence-corrected chi connectivity index (χ3v) is 3.91. The molecule has 1 atom stereocenters. The molecule has 110 valence electrons. The molecule has 20 heavy (non-hydrogen) atoms. The second-order valence-electron chi connectivity index (χ2n) is 5.93. The van der Waals surface area contributed by atoms with Gasteiger partial charge in [-0.15, -0.1) is 0 Å². The van der Waals surface area contributed by atoms with Crippen LogP contribution in [-0.2, 0) is 11.2 Å². The van der Waals surface area contributed by atoms with Crippen LogP contribution in [0.4, 0.5) is 5.82 Å². The number of anilines is 1. The molecule has 1 aromatic rings. The van der Waals surface area contributed by atoms with Crippen LogP contribution in [0.1, 0.15) is 39.4 Å². The van der Waals surface area contributed by atoms with Crippen LogP contribution in [0, 0.1) is 5.41 Å². The van der Waals surface area contributed by atoms with E-state index in [1.54, 1.807) is 4.90 Å². The Labute approximate surface area is 117 Å². The Bertz CT molecular complexity index is 565. The molecule has 6 heteroatoms. The summed E-state index contributed by atoms with van der Waals surface area (Å²) in [7, 11) is 0. The molecule has 6 nitrogen and oxygen atoms in total. The summed E-state index contributed by atoms with van der Waals surface area (Å²) in [6, 6.07) is 0.728. The Balaban J connectivity index is 2.46. The Morgan fingerprint density at radius 1 is 1.60 bits per heavy atom. The van der Waals surface area contributed by atoms with Gasteiger partial charge in [0.25, 0.3) is 5.56 Å². The van der Waals surface area contributed by atoms with Crippen LogP contribution < -0.4 is 10.5 Å². The number of carboxylic acid groups (broad SMARTS) is 1. The summed E-state index contributed by atoms with van der Waals surface area (Å²) in [6.07, 6.45) is 2.36. The fourth-order valence-electron chi connectivity index (χ4n) is 2.92. The minimum absolute atomic E-state index is 0.237. The van der Waals surface area contributed by atoms with Gasteiger partial charge in [0.15, 0.2) is 0 Å². The normalized spacial score (nSPS) is 21.8. The van der Waals surface area contributed by atoms with Gasteiger partial charge in [0.05, 0.1) is 0 Å². The molecule has 2 N–H and O–H groups in total. The number of hydrogen-bond donors (Lipinski definition) is 2. The van der Waals surface area contributed by atoms with Crippen LogP contribution in [0.5, 0.6) is 0 Å². The van der Waals surface area contributed by atoms with E-state index in [4.69, 9.17) is 0 Å². The summed E-state index contributed by atoms with van der Waals surface area (Å²) in [4.78, 5) is 32.1. The maximum atomic E-state index is 11.7. The smallest absolute Gasteiger partial charge is 0.326 e. The molecule has 0 aromatic carbocycles. The fraction of sp³-hybridized carbons (Fsp3) is 0.643. The number of carbonyl (C=O) groups is 1. The predicted molar refractivity (Wildman–Crippen MR) is 76.0 cm³/mol. The SMILES string of the molecule is CCc1nc(N2CCCC(C)(C)C2C(=O)O)cc(=O)[nH]1. The molecule has 1 aromatic heterocycles. The number of aromatic nitrogens is 2. The second kappa shape index (κ2) is 5.26. The van der Waals surface area contributed by atoms with Crippen LogP contribution in [0.2, 0.25) is 0 Å². The first-order valence-electron chi connectivity index (χ1n) is 6.95. The summed E-state index contributed by atoms with van der Waals surface area (Å²) in [5.74, 6) is 0.181. The molecule has 1 aliphatic rings. The van der Waals surface area contributed by atoms with Crippen molar-refractivity contribution in [2.45, 2.75) is 46.1 Å². The predicted octanol–water partition coefficient (Wildman–Crippen LogP) is 1.41. The zero-order valence-electron chi connectivity index (χ0n) is 12.1. The Morgan fingerprint density at radius 2 is 2.30 bits per heavy atom. The molecular weight excluding hydrogens is 258 g/mol. The van der Waals surface area contributed by atoms with Gasteiger partial charge < -0.3 is 15.0 Å². The van der Waals surface area contributed by atoms with Crippen molar-refractivity contribution in [3.63, 3.8) is 0 Å². The van der Waals surface area contributed by atoms with Crippen molar-refractivity contribution in [3.05, 3.63) is 22.2 Å². The summed E-state index contributed by atoms with van der Waals surface area (Å²) in [5.41, 5.74) is -0.583. The Hall–Kier alpha value is -1.85. The van der Waals surface area contributed by atoms with E-state index in [0.717, 1.165) is 12.8 Å². The van der Waals surface area contributed by atoms with Crippen molar-refractivity contribution >= 4 is 11.8 Å². The molecule has 0 saturated carbocycles. The van der Waals surface area contributed by atoms with Crippen molar-refractivity contribution < 1.29 is 9.90 Å². The number of carboxylic acids is 1. The van der Waals surface area contributed by atoms with Gasteiger partial charge in [0.1, 0.15) is 17.7 Å². The molecule has 0 spiro atoms. The Morgan fingerprint density at radius 3 is 2.90 bits per heavy atom. The monoisotopic (exact) mass is 279 g/mol. The van der Waals surface area contributed by atoms with E-state index in [1.165, 1.54) is 6.07 Å². The molecule has 0 radical (unpaired) electrons. The van der Waals surface area contributed by atoms with Gasteiger partial charge in [0, 0.05) is 19.0 Å². The number of aliphatic carboxylic acids is 1. The highest BCUT2D eigenvalue weighted by molar-refractivity contribution is 5.79. The lowest BCUT2D eigenvalue weighted by molar-refractivity contribution is -0.142. The van der Waals surface area contributed by atoms with E-state index in [0.29, 0.717) is 24.6 Å². The molecule has 1 saturated heterocycles. The minimum Gasteiger partial charge on any atom is -0.480 e. The second-order valence-corrected chi connectivity index (χ2v) is 5.93. The number of hydrogen-bond acceptors (Lipinski definition) is 4. The highest BCUT2D eigenvalue weighted by Crippen LogP contribution is 2.37. The van der Waals surface area contributed by atoms with Crippen molar-refractivity contribution in [1.29, 1.82) is 0 Å². The van der Waals surface area contributed by atoms with Crippen LogP contribution in [0.3, 0.4) is 0 Å². The molecule has 1 fully saturated rings. The van der Waals surface area contributed by atoms with Crippen LogP contribution in [-0.4, -0.2) is 33.6 Å². The standard InChI is InChI=1S/C14H21N3O3/c1-4-9-15-10(8-11(18)16-9)17-7-5-6-14(2,3)12(17)13(19)20/h8,12H,4-7H2,1-3H3,(H,19,20)(H,15,16,18). The number of rotatable bonds is 3. The number of nitrogens with one attached hydrogen (secondary N) is 1. The zero-order valence-corrected chi connectivity index (χ0v) is 12.1. The summed E-state index contributed by atoms with van der Waals surface area (Å²) in [6.45, 7) is 6.41. The molecule has 0 amide bonds. The molecule has 2 rings (SSSR count). The summed E-state index contributed by atoms with van der Waals surface area (Å²) in [5, 5.41) is 9.55. The van der Waals surface area contributed by atoms with Gasteiger partial charge in [-0.2, -0.15) is 0 Å². The van der Waals surface area contributed by atoms with Crippen molar-refractivity contribution in [1.82, 2.24) is 9.97 Å². The van der Waals surface area contributed by atoms with Gasteiger partial charge in [-0.1, -0.05) is 20.8 Å². The Kier molecular flexibility index (Phi) is 3.83. The molecule has 0 aliphatic carbocycles. The topological polar surface area (TPSA) is 86.3 Å². The van der Waals surface area contributed by atoms with Gasteiger partial charge in [-0.3, -0.25) is 4.79 Å². The third-order valence-electron chi connectivity index (χ3n) is 3.91. The third kappa shape index (κ3) is 2.69. The number of piperidine rings is 1. The average Bonchev–Trinajstić information content (AvgIpc) is 2.35. The van der Waals surface area contributed by atoms with Crippen LogP contribution >= 0.6 is 0 Å². The van der Waals surface area contributed by atoms with Gasteiger partial charge >= 0.3 is 5.97 Å². The van der Waals surface area contributed by atoms with Gasteiger partial charge in [-0.25, -0.2) is 9.78 Å². The highest BCUT2D eigenvalue weighted by Gasteiger charge is 2.43. The first-order chi connectivity index (χ1) is 9.35. The van der Waals surface area contributed by atoms with Crippen molar-refractivity contribution in [3.8, 4) is 0 Å². The molecule has 1 unspecified atom stereocenters. The number of H-pyrrole nitrogens is 1. The molecule has 2 heterocycles. The van der Waals surface area contributed by atoms with E-state index in [-0.39, 0.29) is 11.0 Å². The lowest BCUT2D eigenvalue weighted by atomic mass is 9.76. The van der Waals surface area contributed by atoms with Crippen LogP contribution in [0.25, 0.3) is 0 Å². The first-order valence-corrected chi connectivity index (χ1v) is 6.95. The maximum Gasteiger partial charge on any atom is 0.326 e. The largest absolute Gasteiger partial charge is 0.480 e. The van der Waals surface area contributed by atoms with E-state index in [1.807, 2.05) is 20.8 Å². The maximum absolute atomic E-state index is 11.7.